The van der Waals surface area contributed by atoms with Crippen molar-refractivity contribution in [3.05, 3.63) is 71.9 Å². The van der Waals surface area contributed by atoms with Gasteiger partial charge in [-0.1, -0.05) is 12.1 Å². The molecule has 0 aliphatic carbocycles. The van der Waals surface area contributed by atoms with Crippen LogP contribution < -0.4 is 4.90 Å². The first kappa shape index (κ1) is 13.6. The lowest BCUT2D eigenvalue weighted by Gasteiger charge is -2.16. The Bertz CT molecular complexity index is 907. The van der Waals surface area contributed by atoms with Gasteiger partial charge in [0.15, 0.2) is 0 Å². The summed E-state index contributed by atoms with van der Waals surface area (Å²) >= 11 is 0. The number of fused-ring (bicyclic) bond motifs is 1. The molecule has 1 amide bonds. The highest BCUT2D eigenvalue weighted by Gasteiger charge is 2.29. The molecule has 5 heteroatoms. The molecule has 0 radical (unpaired) electrons. The van der Waals surface area contributed by atoms with E-state index in [1.807, 2.05) is 43.3 Å². The zero-order valence-corrected chi connectivity index (χ0v) is 12.6. The highest BCUT2D eigenvalue weighted by molar-refractivity contribution is 6.09. The van der Waals surface area contributed by atoms with Gasteiger partial charge in [0, 0.05) is 23.6 Å². The van der Waals surface area contributed by atoms with Crippen molar-refractivity contribution in [3.63, 3.8) is 0 Å². The molecule has 0 fully saturated rings. The highest BCUT2D eigenvalue weighted by Crippen LogP contribution is 2.29. The fraction of sp³-hybridized carbons (Fsp3) is 0.111. The SMILES string of the molecule is Cc1nccc(-c2cccc(N3Cc4ncccc4C3=O)c2)n1. The zero-order valence-electron chi connectivity index (χ0n) is 12.6. The molecule has 0 bridgehead atoms. The Hall–Kier alpha value is -3.08. The van der Waals surface area contributed by atoms with Crippen molar-refractivity contribution in [2.45, 2.75) is 13.5 Å². The smallest absolute Gasteiger partial charge is 0.260 e. The maximum absolute atomic E-state index is 12.6. The third-order valence-electron chi connectivity index (χ3n) is 3.90. The van der Waals surface area contributed by atoms with E-state index < -0.39 is 0 Å². The van der Waals surface area contributed by atoms with E-state index in [1.54, 1.807) is 23.4 Å². The van der Waals surface area contributed by atoms with E-state index in [0.717, 1.165) is 28.5 Å². The van der Waals surface area contributed by atoms with Crippen LogP contribution in [0.1, 0.15) is 21.9 Å². The molecule has 23 heavy (non-hydrogen) atoms. The van der Waals surface area contributed by atoms with Gasteiger partial charge in [0.1, 0.15) is 5.82 Å². The molecular formula is C18H14N4O. The van der Waals surface area contributed by atoms with Crippen molar-refractivity contribution >= 4 is 11.6 Å². The minimum absolute atomic E-state index is 0.0101. The van der Waals surface area contributed by atoms with Crippen molar-refractivity contribution < 1.29 is 4.79 Å². The maximum Gasteiger partial charge on any atom is 0.260 e. The van der Waals surface area contributed by atoms with Crippen molar-refractivity contribution in [3.8, 4) is 11.3 Å². The van der Waals surface area contributed by atoms with Crippen LogP contribution >= 0.6 is 0 Å². The minimum atomic E-state index is -0.0101. The average Bonchev–Trinajstić information content (AvgIpc) is 2.92. The van der Waals surface area contributed by atoms with Crippen LogP contribution in [0.2, 0.25) is 0 Å². The number of pyridine rings is 1. The first-order chi connectivity index (χ1) is 11.2. The van der Waals surface area contributed by atoms with Crippen LogP contribution in [0.5, 0.6) is 0 Å². The Kier molecular flexibility index (Phi) is 3.12. The summed E-state index contributed by atoms with van der Waals surface area (Å²) < 4.78 is 0. The normalized spacial score (nSPS) is 13.3. The van der Waals surface area contributed by atoms with Gasteiger partial charge in [0.25, 0.3) is 5.91 Å². The van der Waals surface area contributed by atoms with E-state index in [0.29, 0.717) is 12.1 Å². The number of benzene rings is 1. The molecule has 0 spiro atoms. The van der Waals surface area contributed by atoms with Crippen molar-refractivity contribution in [1.82, 2.24) is 15.0 Å². The summed E-state index contributed by atoms with van der Waals surface area (Å²) in [4.78, 5) is 27.2. The predicted molar refractivity (Wildman–Crippen MR) is 87.0 cm³/mol. The molecule has 0 saturated heterocycles. The van der Waals surface area contributed by atoms with Gasteiger partial charge in [-0.15, -0.1) is 0 Å². The minimum Gasteiger partial charge on any atom is -0.302 e. The van der Waals surface area contributed by atoms with E-state index in [2.05, 4.69) is 15.0 Å². The molecule has 0 N–H and O–H groups in total. The number of nitrogens with zero attached hydrogens (tertiary/aromatic N) is 4. The predicted octanol–water partition coefficient (Wildman–Crippen LogP) is 3.01. The molecule has 1 aromatic carbocycles. The number of carbonyl (C=O) groups is 1. The van der Waals surface area contributed by atoms with E-state index in [1.165, 1.54) is 0 Å². The van der Waals surface area contributed by atoms with Crippen LogP contribution in [0, 0.1) is 6.92 Å². The van der Waals surface area contributed by atoms with Crippen LogP contribution in [-0.2, 0) is 6.54 Å². The number of aromatic nitrogens is 3. The molecule has 0 atom stereocenters. The molecule has 112 valence electrons. The summed E-state index contributed by atoms with van der Waals surface area (Å²) in [5.74, 6) is 0.714. The summed E-state index contributed by atoms with van der Waals surface area (Å²) in [6.07, 6.45) is 3.46. The fourth-order valence-electron chi connectivity index (χ4n) is 2.78. The Morgan fingerprint density at radius 2 is 1.96 bits per heavy atom. The van der Waals surface area contributed by atoms with Crippen LogP contribution in [0.15, 0.2) is 54.9 Å². The first-order valence-electron chi connectivity index (χ1n) is 7.38. The van der Waals surface area contributed by atoms with E-state index in [9.17, 15) is 4.79 Å². The summed E-state index contributed by atoms with van der Waals surface area (Å²) in [6, 6.07) is 13.3. The molecule has 1 aliphatic rings. The second-order valence-electron chi connectivity index (χ2n) is 5.43. The van der Waals surface area contributed by atoms with Gasteiger partial charge in [0.2, 0.25) is 0 Å². The topological polar surface area (TPSA) is 59.0 Å². The third kappa shape index (κ3) is 2.36. The summed E-state index contributed by atoms with van der Waals surface area (Å²) in [7, 11) is 0. The molecule has 2 aromatic heterocycles. The van der Waals surface area contributed by atoms with Crippen molar-refractivity contribution in [2.75, 3.05) is 4.90 Å². The molecule has 0 saturated carbocycles. The number of aryl methyl sites for hydroxylation is 1. The second-order valence-corrected chi connectivity index (χ2v) is 5.43. The monoisotopic (exact) mass is 302 g/mol. The molecule has 4 rings (SSSR count). The Labute approximate surface area is 133 Å². The van der Waals surface area contributed by atoms with Gasteiger partial charge < -0.3 is 4.90 Å². The van der Waals surface area contributed by atoms with Crippen LogP contribution in [-0.4, -0.2) is 20.9 Å². The zero-order chi connectivity index (χ0) is 15.8. The van der Waals surface area contributed by atoms with Crippen LogP contribution in [0.25, 0.3) is 11.3 Å². The number of anilines is 1. The largest absolute Gasteiger partial charge is 0.302 e. The highest BCUT2D eigenvalue weighted by atomic mass is 16.2. The lowest BCUT2D eigenvalue weighted by Crippen LogP contribution is -2.22. The standard InChI is InChI=1S/C18H14N4O/c1-12-19-9-7-16(21-12)13-4-2-5-14(10-13)22-11-17-15(18(22)23)6-3-8-20-17/h2-10H,11H2,1H3. The van der Waals surface area contributed by atoms with Gasteiger partial charge in [0.05, 0.1) is 23.5 Å². The van der Waals surface area contributed by atoms with Gasteiger partial charge in [-0.05, 0) is 37.3 Å². The second kappa shape index (κ2) is 5.28. The summed E-state index contributed by atoms with van der Waals surface area (Å²) in [6.45, 7) is 2.36. The van der Waals surface area contributed by atoms with E-state index in [-0.39, 0.29) is 5.91 Å². The molecular weight excluding hydrogens is 288 g/mol. The first-order valence-corrected chi connectivity index (χ1v) is 7.38. The average molecular weight is 302 g/mol. The molecule has 5 nitrogen and oxygen atoms in total. The molecule has 1 aliphatic heterocycles. The Balaban J connectivity index is 1.72. The lowest BCUT2D eigenvalue weighted by molar-refractivity contribution is 0.0996. The quantitative estimate of drug-likeness (QED) is 0.730. The number of rotatable bonds is 2. The molecule has 3 aromatic rings. The van der Waals surface area contributed by atoms with E-state index in [4.69, 9.17) is 0 Å². The van der Waals surface area contributed by atoms with E-state index >= 15 is 0 Å². The molecule has 0 unspecified atom stereocenters. The van der Waals surface area contributed by atoms with Gasteiger partial charge in [-0.25, -0.2) is 9.97 Å². The Morgan fingerprint density at radius 1 is 1.04 bits per heavy atom. The Morgan fingerprint density at radius 3 is 2.78 bits per heavy atom. The van der Waals surface area contributed by atoms with Crippen molar-refractivity contribution in [2.24, 2.45) is 0 Å². The van der Waals surface area contributed by atoms with Crippen LogP contribution in [0.4, 0.5) is 5.69 Å². The van der Waals surface area contributed by atoms with Gasteiger partial charge in [-0.3, -0.25) is 9.78 Å². The number of amides is 1. The third-order valence-corrected chi connectivity index (χ3v) is 3.90. The summed E-state index contributed by atoms with van der Waals surface area (Å²) in [5, 5.41) is 0. The van der Waals surface area contributed by atoms with Gasteiger partial charge in [-0.2, -0.15) is 0 Å². The number of hydrogen-bond donors (Lipinski definition) is 0. The molecule has 3 heterocycles. The van der Waals surface area contributed by atoms with Crippen molar-refractivity contribution in [1.29, 1.82) is 0 Å². The van der Waals surface area contributed by atoms with Crippen LogP contribution in [0.3, 0.4) is 0 Å². The van der Waals surface area contributed by atoms with Gasteiger partial charge >= 0.3 is 0 Å². The summed E-state index contributed by atoms with van der Waals surface area (Å²) in [5.41, 5.74) is 4.16. The number of hydrogen-bond acceptors (Lipinski definition) is 4. The maximum atomic E-state index is 12.6. The fourth-order valence-corrected chi connectivity index (χ4v) is 2.78. The lowest BCUT2D eigenvalue weighted by atomic mass is 10.1. The number of carbonyl (C=O) groups excluding carboxylic acids is 1.